The summed E-state index contributed by atoms with van der Waals surface area (Å²) in [5.74, 6) is 0.517. The lowest BCUT2D eigenvalue weighted by atomic mass is 10.2. The topological polar surface area (TPSA) is 79.4 Å². The van der Waals surface area contributed by atoms with E-state index < -0.39 is 10.0 Å². The molecule has 9 heteroatoms. The number of piperazine rings is 1. The van der Waals surface area contributed by atoms with Crippen LogP contribution in [0.5, 0.6) is 11.5 Å². The van der Waals surface area contributed by atoms with E-state index in [0.717, 1.165) is 25.2 Å². The van der Waals surface area contributed by atoms with Crippen LogP contribution >= 0.6 is 0 Å². The number of hydrogen-bond donors (Lipinski definition) is 0. The van der Waals surface area contributed by atoms with E-state index in [1.165, 1.54) is 30.7 Å². The van der Waals surface area contributed by atoms with Crippen molar-refractivity contribution in [3.8, 4) is 11.5 Å². The van der Waals surface area contributed by atoms with Gasteiger partial charge in [-0.15, -0.1) is 0 Å². The van der Waals surface area contributed by atoms with Crippen molar-refractivity contribution in [1.82, 2.24) is 9.80 Å². The van der Waals surface area contributed by atoms with Crippen LogP contribution in [0.4, 0.5) is 5.69 Å². The minimum absolute atomic E-state index is 0.0272. The second-order valence-corrected chi connectivity index (χ2v) is 9.54. The number of likely N-dealkylation sites (N-methyl/N-ethyl adjacent to an activating group) is 1. The van der Waals surface area contributed by atoms with Gasteiger partial charge in [0.15, 0.2) is 11.5 Å². The van der Waals surface area contributed by atoms with Gasteiger partial charge in [-0.3, -0.25) is 9.10 Å². The van der Waals surface area contributed by atoms with Gasteiger partial charge < -0.3 is 19.3 Å². The number of carbonyl (C=O) groups is 1. The van der Waals surface area contributed by atoms with Crippen LogP contribution in [0, 0.1) is 6.92 Å². The maximum Gasteiger partial charge on any atom is 0.264 e. The largest absolute Gasteiger partial charge is 0.493 e. The van der Waals surface area contributed by atoms with Crippen molar-refractivity contribution in [1.29, 1.82) is 0 Å². The highest BCUT2D eigenvalue weighted by Crippen LogP contribution is 2.32. The van der Waals surface area contributed by atoms with E-state index in [-0.39, 0.29) is 17.3 Å². The molecule has 0 N–H and O–H groups in total. The first-order valence-corrected chi connectivity index (χ1v) is 12.1. The summed E-state index contributed by atoms with van der Waals surface area (Å²) in [5.41, 5.74) is 1.44. The lowest BCUT2D eigenvalue weighted by Crippen LogP contribution is -2.51. The normalized spacial score (nSPS) is 14.8. The third-order valence-corrected chi connectivity index (χ3v) is 7.49. The molecule has 0 bridgehead atoms. The van der Waals surface area contributed by atoms with Crippen LogP contribution in [0.1, 0.15) is 12.5 Å². The minimum atomic E-state index is -4.03. The zero-order valence-electron chi connectivity index (χ0n) is 19.1. The number of ether oxygens (including phenoxy) is 2. The first-order chi connectivity index (χ1) is 15.3. The molecular formula is C23H31N3O5S. The molecule has 32 heavy (non-hydrogen) atoms. The highest BCUT2D eigenvalue weighted by molar-refractivity contribution is 7.92. The van der Waals surface area contributed by atoms with Crippen molar-refractivity contribution in [2.45, 2.75) is 18.7 Å². The second-order valence-electron chi connectivity index (χ2n) is 7.68. The summed E-state index contributed by atoms with van der Waals surface area (Å²) in [6, 6.07) is 11.5. The van der Waals surface area contributed by atoms with Gasteiger partial charge >= 0.3 is 0 Å². The van der Waals surface area contributed by atoms with Crippen LogP contribution in [0.2, 0.25) is 0 Å². The Labute approximate surface area is 190 Å². The van der Waals surface area contributed by atoms with E-state index in [0.29, 0.717) is 30.3 Å². The molecule has 1 saturated heterocycles. The molecule has 0 spiro atoms. The number of sulfonamides is 1. The first kappa shape index (κ1) is 23.9. The van der Waals surface area contributed by atoms with E-state index in [9.17, 15) is 13.2 Å². The Morgan fingerprint density at radius 3 is 2.16 bits per heavy atom. The maximum atomic E-state index is 13.7. The number of amides is 1. The van der Waals surface area contributed by atoms with Crippen molar-refractivity contribution >= 4 is 21.6 Å². The van der Waals surface area contributed by atoms with Crippen LogP contribution in [-0.2, 0) is 14.8 Å². The molecule has 0 atom stereocenters. The third kappa shape index (κ3) is 5.16. The van der Waals surface area contributed by atoms with Gasteiger partial charge in [-0.25, -0.2) is 8.42 Å². The van der Waals surface area contributed by atoms with Crippen molar-refractivity contribution in [3.63, 3.8) is 0 Å². The number of nitrogens with zero attached hydrogens (tertiary/aromatic N) is 3. The second kappa shape index (κ2) is 10.2. The van der Waals surface area contributed by atoms with Crippen molar-refractivity contribution in [3.05, 3.63) is 48.0 Å². The fraction of sp³-hybridized carbons (Fsp3) is 0.435. The summed E-state index contributed by atoms with van der Waals surface area (Å²) in [7, 11) is -1.10. The molecule has 0 saturated carbocycles. The predicted octanol–water partition coefficient (Wildman–Crippen LogP) is 2.37. The molecule has 2 aromatic carbocycles. The number of aryl methyl sites for hydroxylation is 1. The molecule has 1 fully saturated rings. The Balaban J connectivity index is 1.94. The number of methoxy groups -OCH3 is 2. The van der Waals surface area contributed by atoms with Crippen LogP contribution in [0.3, 0.4) is 0 Å². The average Bonchev–Trinajstić information content (AvgIpc) is 2.82. The van der Waals surface area contributed by atoms with Crippen molar-refractivity contribution in [2.24, 2.45) is 0 Å². The predicted molar refractivity (Wildman–Crippen MR) is 124 cm³/mol. The maximum absolute atomic E-state index is 13.7. The van der Waals surface area contributed by atoms with E-state index in [1.807, 2.05) is 19.1 Å². The Morgan fingerprint density at radius 2 is 1.59 bits per heavy atom. The van der Waals surface area contributed by atoms with Gasteiger partial charge in [0.05, 0.1) is 24.8 Å². The molecule has 0 aliphatic carbocycles. The SMILES string of the molecule is CCN1CCN(C(=O)CN(c2ccc(C)cc2)S(=O)(=O)c2ccc(OC)c(OC)c2)CC1. The van der Waals surface area contributed by atoms with E-state index >= 15 is 0 Å². The molecule has 1 aliphatic rings. The summed E-state index contributed by atoms with van der Waals surface area (Å²) < 4.78 is 39.0. The summed E-state index contributed by atoms with van der Waals surface area (Å²) in [5, 5.41) is 0. The molecule has 1 aliphatic heterocycles. The number of rotatable bonds is 8. The molecule has 0 unspecified atom stereocenters. The first-order valence-electron chi connectivity index (χ1n) is 10.6. The lowest BCUT2D eigenvalue weighted by Gasteiger charge is -2.35. The smallest absolute Gasteiger partial charge is 0.264 e. The summed E-state index contributed by atoms with van der Waals surface area (Å²) in [6.45, 7) is 7.43. The Morgan fingerprint density at radius 1 is 0.969 bits per heavy atom. The zero-order chi connectivity index (χ0) is 23.3. The molecule has 0 radical (unpaired) electrons. The Kier molecular flexibility index (Phi) is 7.63. The number of anilines is 1. The lowest BCUT2D eigenvalue weighted by molar-refractivity contribution is -0.131. The van der Waals surface area contributed by atoms with E-state index in [4.69, 9.17) is 9.47 Å². The van der Waals surface area contributed by atoms with Gasteiger partial charge in [0.25, 0.3) is 10.0 Å². The fourth-order valence-corrected chi connectivity index (χ4v) is 5.10. The minimum Gasteiger partial charge on any atom is -0.493 e. The highest BCUT2D eigenvalue weighted by atomic mass is 32.2. The van der Waals surface area contributed by atoms with Crippen molar-refractivity contribution in [2.75, 3.05) is 57.8 Å². The fourth-order valence-electron chi connectivity index (χ4n) is 3.67. The number of hydrogen-bond acceptors (Lipinski definition) is 6. The molecule has 2 aromatic rings. The van der Waals surface area contributed by atoms with Gasteiger partial charge in [-0.2, -0.15) is 0 Å². The van der Waals surface area contributed by atoms with Gasteiger partial charge in [-0.05, 0) is 37.7 Å². The molecular weight excluding hydrogens is 430 g/mol. The van der Waals surface area contributed by atoms with Crippen LogP contribution < -0.4 is 13.8 Å². The Hall–Kier alpha value is -2.78. The van der Waals surface area contributed by atoms with Crippen LogP contribution in [0.25, 0.3) is 0 Å². The van der Waals surface area contributed by atoms with E-state index in [1.54, 1.807) is 23.1 Å². The summed E-state index contributed by atoms with van der Waals surface area (Å²) in [4.78, 5) is 17.1. The molecule has 1 amide bonds. The monoisotopic (exact) mass is 461 g/mol. The molecule has 0 aromatic heterocycles. The van der Waals surface area contributed by atoms with Gasteiger partial charge in [0.2, 0.25) is 5.91 Å². The van der Waals surface area contributed by atoms with Crippen LogP contribution in [0.15, 0.2) is 47.4 Å². The number of benzene rings is 2. The average molecular weight is 462 g/mol. The van der Waals surface area contributed by atoms with Gasteiger partial charge in [0.1, 0.15) is 6.54 Å². The highest BCUT2D eigenvalue weighted by Gasteiger charge is 2.30. The van der Waals surface area contributed by atoms with Gasteiger partial charge in [0, 0.05) is 32.2 Å². The van der Waals surface area contributed by atoms with E-state index in [2.05, 4.69) is 11.8 Å². The molecule has 8 nitrogen and oxygen atoms in total. The van der Waals surface area contributed by atoms with Crippen LogP contribution in [-0.4, -0.2) is 77.6 Å². The molecule has 3 rings (SSSR count). The zero-order valence-corrected chi connectivity index (χ0v) is 19.9. The van der Waals surface area contributed by atoms with Gasteiger partial charge in [-0.1, -0.05) is 24.6 Å². The summed E-state index contributed by atoms with van der Waals surface area (Å²) in [6.07, 6.45) is 0. The molecule has 1 heterocycles. The Bertz CT molecular complexity index is 1030. The number of carbonyl (C=O) groups excluding carboxylic acids is 1. The standard InChI is InChI=1S/C23H31N3O5S/c1-5-24-12-14-25(15-13-24)23(27)17-26(19-8-6-18(2)7-9-19)32(28,29)20-10-11-21(30-3)22(16-20)31-4/h6-11,16H,5,12-15,17H2,1-4H3. The molecule has 174 valence electrons. The van der Waals surface area contributed by atoms with Crippen molar-refractivity contribution < 1.29 is 22.7 Å². The summed E-state index contributed by atoms with van der Waals surface area (Å²) >= 11 is 0. The quantitative estimate of drug-likeness (QED) is 0.601. The third-order valence-electron chi connectivity index (χ3n) is 5.72.